The maximum atomic E-state index is 14.1. The van der Waals surface area contributed by atoms with Crippen molar-refractivity contribution in [1.82, 2.24) is 9.97 Å². The highest BCUT2D eigenvalue weighted by Gasteiger charge is 2.23. The van der Waals surface area contributed by atoms with Crippen molar-refractivity contribution in [2.24, 2.45) is 0 Å². The number of aromatic nitrogens is 2. The summed E-state index contributed by atoms with van der Waals surface area (Å²) in [5.41, 5.74) is 3.16. The molecule has 0 saturated heterocycles. The molecule has 5 heteroatoms. The normalized spacial score (nSPS) is 12.0. The van der Waals surface area contributed by atoms with E-state index < -0.39 is 11.6 Å². The van der Waals surface area contributed by atoms with E-state index >= 15 is 0 Å². The summed E-state index contributed by atoms with van der Waals surface area (Å²) >= 11 is 6.38. The van der Waals surface area contributed by atoms with Gasteiger partial charge >= 0.3 is 0 Å². The van der Waals surface area contributed by atoms with Crippen molar-refractivity contribution in [1.29, 1.82) is 0 Å². The summed E-state index contributed by atoms with van der Waals surface area (Å²) in [4.78, 5) is 8.69. The summed E-state index contributed by atoms with van der Waals surface area (Å²) < 4.78 is 27.7. The van der Waals surface area contributed by atoms with E-state index in [2.05, 4.69) is 30.7 Å². The Morgan fingerprint density at radius 3 is 2.50 bits per heavy atom. The zero-order chi connectivity index (χ0) is 17.6. The van der Waals surface area contributed by atoms with Crippen molar-refractivity contribution >= 4 is 22.5 Å². The number of fused-ring (bicyclic) bond motifs is 1. The molecule has 0 unspecified atom stereocenters. The van der Waals surface area contributed by atoms with Crippen LogP contribution in [0.1, 0.15) is 31.9 Å². The fourth-order valence-electron chi connectivity index (χ4n) is 2.86. The van der Waals surface area contributed by atoms with Gasteiger partial charge in [-0.05, 0) is 29.5 Å². The highest BCUT2D eigenvalue weighted by atomic mass is 35.5. The van der Waals surface area contributed by atoms with E-state index in [1.165, 1.54) is 6.07 Å². The monoisotopic (exact) mass is 346 g/mol. The van der Waals surface area contributed by atoms with Crippen LogP contribution in [-0.4, -0.2) is 9.97 Å². The lowest BCUT2D eigenvalue weighted by Gasteiger charge is -2.23. The van der Waals surface area contributed by atoms with Crippen molar-refractivity contribution in [3.63, 3.8) is 0 Å². The molecule has 0 radical (unpaired) electrons. The first kappa shape index (κ1) is 16.8. The standard InChI is InChI=1S/C19H17ClF2N2/c1-10-17(20)16-14(22)7-11(21)8-15(16)24-18(10)12-9-23-6-5-13(12)19(2,3)4/h5-9H,1-4H3. The van der Waals surface area contributed by atoms with Gasteiger partial charge in [0, 0.05) is 30.1 Å². The van der Waals surface area contributed by atoms with Gasteiger partial charge in [0.2, 0.25) is 0 Å². The Hall–Kier alpha value is -2.07. The van der Waals surface area contributed by atoms with E-state index in [4.69, 9.17) is 11.6 Å². The summed E-state index contributed by atoms with van der Waals surface area (Å²) in [7, 11) is 0. The minimum Gasteiger partial charge on any atom is -0.264 e. The van der Waals surface area contributed by atoms with Crippen LogP contribution in [0.3, 0.4) is 0 Å². The smallest absolute Gasteiger partial charge is 0.137 e. The van der Waals surface area contributed by atoms with Crippen LogP contribution < -0.4 is 0 Å². The zero-order valence-electron chi connectivity index (χ0n) is 13.9. The minimum atomic E-state index is -0.709. The molecule has 0 fully saturated rings. The number of benzene rings is 1. The largest absolute Gasteiger partial charge is 0.264 e. The Kier molecular flexibility index (Phi) is 4.04. The fourth-order valence-corrected chi connectivity index (χ4v) is 3.14. The molecule has 124 valence electrons. The van der Waals surface area contributed by atoms with Crippen LogP contribution in [0.4, 0.5) is 8.78 Å². The van der Waals surface area contributed by atoms with Crippen molar-refractivity contribution in [2.75, 3.05) is 0 Å². The molecule has 0 aliphatic rings. The topological polar surface area (TPSA) is 25.8 Å². The third-order valence-corrected chi connectivity index (χ3v) is 4.53. The second-order valence-corrected chi connectivity index (χ2v) is 7.23. The molecule has 0 spiro atoms. The predicted octanol–water partition coefficient (Wildman–Crippen LogP) is 5.83. The Morgan fingerprint density at radius 1 is 1.12 bits per heavy atom. The Morgan fingerprint density at radius 2 is 1.83 bits per heavy atom. The van der Waals surface area contributed by atoms with Gasteiger partial charge in [0.15, 0.2) is 0 Å². The Balaban J connectivity index is 2.39. The van der Waals surface area contributed by atoms with Crippen LogP contribution in [0.5, 0.6) is 0 Å². The summed E-state index contributed by atoms with van der Waals surface area (Å²) in [5.74, 6) is -1.39. The molecule has 0 bridgehead atoms. The van der Waals surface area contributed by atoms with Crippen LogP contribution in [-0.2, 0) is 5.41 Å². The summed E-state index contributed by atoms with van der Waals surface area (Å²) in [6.45, 7) is 8.04. The van der Waals surface area contributed by atoms with Crippen molar-refractivity contribution in [3.05, 3.63) is 58.4 Å². The third-order valence-electron chi connectivity index (χ3n) is 4.05. The average molecular weight is 347 g/mol. The van der Waals surface area contributed by atoms with Gasteiger partial charge < -0.3 is 0 Å². The van der Waals surface area contributed by atoms with Crippen LogP contribution in [0.2, 0.25) is 5.02 Å². The van der Waals surface area contributed by atoms with Gasteiger partial charge in [-0.15, -0.1) is 0 Å². The molecule has 3 rings (SSSR count). The molecule has 24 heavy (non-hydrogen) atoms. The van der Waals surface area contributed by atoms with E-state index in [1.807, 2.05) is 6.07 Å². The van der Waals surface area contributed by atoms with E-state index in [9.17, 15) is 8.78 Å². The highest BCUT2D eigenvalue weighted by molar-refractivity contribution is 6.36. The highest BCUT2D eigenvalue weighted by Crippen LogP contribution is 2.38. The average Bonchev–Trinajstić information content (AvgIpc) is 2.49. The van der Waals surface area contributed by atoms with Gasteiger partial charge in [-0.3, -0.25) is 4.98 Å². The molecular formula is C19H17ClF2N2. The molecule has 2 nitrogen and oxygen atoms in total. The Bertz CT molecular complexity index is 946. The summed E-state index contributed by atoms with van der Waals surface area (Å²) in [6.07, 6.45) is 3.44. The number of hydrogen-bond acceptors (Lipinski definition) is 2. The van der Waals surface area contributed by atoms with E-state index in [1.54, 1.807) is 19.3 Å². The molecule has 2 heterocycles. The minimum absolute atomic E-state index is 0.138. The maximum Gasteiger partial charge on any atom is 0.137 e. The van der Waals surface area contributed by atoms with Crippen LogP contribution in [0.25, 0.3) is 22.2 Å². The quantitative estimate of drug-likeness (QED) is 0.553. The molecule has 0 amide bonds. The van der Waals surface area contributed by atoms with Gasteiger partial charge in [-0.2, -0.15) is 0 Å². The zero-order valence-corrected chi connectivity index (χ0v) is 14.7. The second kappa shape index (κ2) is 5.78. The van der Waals surface area contributed by atoms with Crippen molar-refractivity contribution in [3.8, 4) is 11.3 Å². The lowest BCUT2D eigenvalue weighted by molar-refractivity contribution is 0.589. The van der Waals surface area contributed by atoms with Crippen molar-refractivity contribution < 1.29 is 8.78 Å². The second-order valence-electron chi connectivity index (χ2n) is 6.85. The SMILES string of the molecule is Cc1c(-c2cnccc2C(C)(C)C)nc2cc(F)cc(F)c2c1Cl. The number of rotatable bonds is 1. The molecule has 2 aromatic heterocycles. The van der Waals surface area contributed by atoms with Crippen LogP contribution >= 0.6 is 11.6 Å². The van der Waals surface area contributed by atoms with E-state index in [0.29, 0.717) is 11.3 Å². The van der Waals surface area contributed by atoms with Gasteiger partial charge in [0.1, 0.15) is 11.6 Å². The number of halogens is 3. The first-order chi connectivity index (χ1) is 11.2. The third kappa shape index (κ3) is 2.75. The molecule has 0 aliphatic heterocycles. The summed E-state index contributed by atoms with van der Waals surface area (Å²) in [5, 5.41) is 0.386. The van der Waals surface area contributed by atoms with E-state index in [-0.39, 0.29) is 21.3 Å². The molecule has 3 aromatic rings. The fraction of sp³-hybridized carbons (Fsp3) is 0.263. The number of nitrogens with zero attached hydrogens (tertiary/aromatic N) is 2. The Labute approximate surface area is 144 Å². The molecule has 0 N–H and O–H groups in total. The van der Waals surface area contributed by atoms with Gasteiger partial charge in [-0.25, -0.2) is 13.8 Å². The lowest BCUT2D eigenvalue weighted by atomic mass is 9.83. The number of pyridine rings is 2. The molecule has 1 aromatic carbocycles. The lowest BCUT2D eigenvalue weighted by Crippen LogP contribution is -2.13. The van der Waals surface area contributed by atoms with Crippen LogP contribution in [0, 0.1) is 18.6 Å². The summed E-state index contributed by atoms with van der Waals surface area (Å²) in [6, 6.07) is 3.95. The number of hydrogen-bond donors (Lipinski definition) is 0. The first-order valence-corrected chi connectivity index (χ1v) is 7.97. The predicted molar refractivity (Wildman–Crippen MR) is 93.3 cm³/mol. The van der Waals surface area contributed by atoms with Crippen molar-refractivity contribution in [2.45, 2.75) is 33.1 Å². The van der Waals surface area contributed by atoms with Gasteiger partial charge in [0.25, 0.3) is 0 Å². The van der Waals surface area contributed by atoms with Crippen LogP contribution in [0.15, 0.2) is 30.6 Å². The van der Waals surface area contributed by atoms with E-state index in [0.717, 1.165) is 17.2 Å². The van der Waals surface area contributed by atoms with Gasteiger partial charge in [-0.1, -0.05) is 32.4 Å². The molecule has 0 atom stereocenters. The first-order valence-electron chi connectivity index (χ1n) is 7.60. The molecular weight excluding hydrogens is 330 g/mol. The maximum absolute atomic E-state index is 14.1. The van der Waals surface area contributed by atoms with Gasteiger partial charge in [0.05, 0.1) is 21.6 Å². The molecule has 0 aliphatic carbocycles. The molecule has 0 saturated carbocycles.